The molecule has 9 heteroatoms. The van der Waals surface area contributed by atoms with Gasteiger partial charge in [-0.25, -0.2) is 13.7 Å². The monoisotopic (exact) mass is 446 g/mol. The van der Waals surface area contributed by atoms with Gasteiger partial charge in [0, 0.05) is 17.3 Å². The molecule has 1 N–H and O–H groups in total. The molecule has 0 unspecified atom stereocenters. The van der Waals surface area contributed by atoms with E-state index in [0.29, 0.717) is 16.8 Å². The van der Waals surface area contributed by atoms with E-state index in [1.54, 1.807) is 13.1 Å². The van der Waals surface area contributed by atoms with E-state index in [2.05, 4.69) is 10.4 Å². The first-order valence-corrected chi connectivity index (χ1v) is 9.90. The van der Waals surface area contributed by atoms with Gasteiger partial charge in [-0.05, 0) is 24.6 Å². The summed E-state index contributed by atoms with van der Waals surface area (Å²) < 4.78 is 32.5. The highest BCUT2D eigenvalue weighted by atomic mass is 19.1. The zero-order chi connectivity index (χ0) is 23.4. The third-order valence-electron chi connectivity index (χ3n) is 4.91. The molecule has 2 heterocycles. The number of rotatable bonds is 6. The van der Waals surface area contributed by atoms with E-state index in [1.807, 2.05) is 36.4 Å². The second kappa shape index (κ2) is 9.28. The molecule has 0 aliphatic carbocycles. The second-order valence-electron chi connectivity index (χ2n) is 7.05. The van der Waals surface area contributed by atoms with Gasteiger partial charge in [-0.15, -0.1) is 0 Å². The number of halogens is 1. The molecule has 0 atom stereocenters. The van der Waals surface area contributed by atoms with Crippen molar-refractivity contribution in [2.24, 2.45) is 0 Å². The summed E-state index contributed by atoms with van der Waals surface area (Å²) in [6.07, 6.45) is 2.26. The molecule has 33 heavy (non-hydrogen) atoms. The summed E-state index contributed by atoms with van der Waals surface area (Å²) >= 11 is 0. The third-order valence-corrected chi connectivity index (χ3v) is 4.91. The van der Waals surface area contributed by atoms with Crippen LogP contribution in [0.15, 0.2) is 60.9 Å². The highest BCUT2D eigenvalue weighted by molar-refractivity contribution is 5.84. The minimum atomic E-state index is -0.731. The van der Waals surface area contributed by atoms with Crippen LogP contribution in [0.3, 0.4) is 0 Å². The molecule has 0 aliphatic heterocycles. The van der Waals surface area contributed by atoms with E-state index in [-0.39, 0.29) is 29.4 Å². The van der Waals surface area contributed by atoms with E-state index in [4.69, 9.17) is 14.2 Å². The van der Waals surface area contributed by atoms with E-state index in [1.165, 1.54) is 30.0 Å². The van der Waals surface area contributed by atoms with E-state index in [9.17, 15) is 14.4 Å². The van der Waals surface area contributed by atoms with Crippen LogP contribution >= 0.6 is 0 Å². The van der Waals surface area contributed by atoms with Crippen LogP contribution in [0, 0.1) is 24.1 Å². The fraction of sp³-hybridized carbons (Fsp3) is 0.125. The Bertz CT molecular complexity index is 1360. The maximum Gasteiger partial charge on any atom is 0.411 e. The zero-order valence-corrected chi connectivity index (χ0v) is 17.8. The number of aryl methyl sites for hydroxylation is 1. The van der Waals surface area contributed by atoms with Gasteiger partial charge in [0.1, 0.15) is 29.5 Å². The van der Waals surface area contributed by atoms with Crippen LogP contribution in [0.5, 0.6) is 17.2 Å². The number of nitrogens with zero attached hydrogens (tertiary/aromatic N) is 3. The first kappa shape index (κ1) is 21.6. The van der Waals surface area contributed by atoms with Crippen LogP contribution < -0.4 is 14.8 Å². The molecule has 4 rings (SSSR count). The van der Waals surface area contributed by atoms with Crippen molar-refractivity contribution in [3.63, 3.8) is 0 Å². The molecule has 2 aromatic carbocycles. The van der Waals surface area contributed by atoms with Gasteiger partial charge in [0.25, 0.3) is 0 Å². The lowest BCUT2D eigenvalue weighted by Gasteiger charge is -2.12. The summed E-state index contributed by atoms with van der Waals surface area (Å²) in [7, 11) is 1.52. The molecule has 0 aliphatic rings. The van der Waals surface area contributed by atoms with Crippen molar-refractivity contribution < 1.29 is 23.4 Å². The Labute approximate surface area is 188 Å². The predicted molar refractivity (Wildman–Crippen MR) is 118 cm³/mol. The van der Waals surface area contributed by atoms with Gasteiger partial charge in [-0.3, -0.25) is 5.32 Å². The number of carbonyl (C=O) groups excluding carboxylic acids is 1. The first-order valence-electron chi connectivity index (χ1n) is 9.90. The molecule has 8 nitrogen and oxygen atoms in total. The summed E-state index contributed by atoms with van der Waals surface area (Å²) in [5, 5.41) is 16.1. The van der Waals surface area contributed by atoms with Crippen molar-refractivity contribution in [1.29, 1.82) is 5.26 Å². The first-order chi connectivity index (χ1) is 16.0. The van der Waals surface area contributed by atoms with Crippen LogP contribution in [-0.4, -0.2) is 22.8 Å². The van der Waals surface area contributed by atoms with Crippen LogP contribution in [0.2, 0.25) is 0 Å². The summed E-state index contributed by atoms with van der Waals surface area (Å²) in [5.74, 6) is -0.153. The van der Waals surface area contributed by atoms with Gasteiger partial charge in [-0.2, -0.15) is 10.4 Å². The number of nitrogens with one attached hydrogen (secondary N) is 1. The van der Waals surface area contributed by atoms with Crippen molar-refractivity contribution in [2.45, 2.75) is 13.5 Å². The number of hydrogen-bond donors (Lipinski definition) is 1. The van der Waals surface area contributed by atoms with Crippen molar-refractivity contribution >= 4 is 17.3 Å². The quantitative estimate of drug-likeness (QED) is 0.437. The number of benzene rings is 2. The summed E-state index contributed by atoms with van der Waals surface area (Å²) in [5.41, 5.74) is 2.34. The maximum absolute atomic E-state index is 14.8. The minimum Gasteiger partial charge on any atom is -0.495 e. The zero-order valence-electron chi connectivity index (χ0n) is 17.8. The maximum atomic E-state index is 14.8. The molecule has 166 valence electrons. The van der Waals surface area contributed by atoms with Gasteiger partial charge in [0.15, 0.2) is 17.3 Å². The van der Waals surface area contributed by atoms with Gasteiger partial charge in [0.05, 0.1) is 19.5 Å². The molecule has 0 saturated carbocycles. The number of nitriles is 1. The number of amides is 1. The number of fused-ring (bicyclic) bond motifs is 1. The molecule has 0 fully saturated rings. The molecular formula is C24H19FN4O4. The molecule has 0 radical (unpaired) electrons. The molecule has 0 saturated heterocycles. The standard InChI is InChI=1S/C24H19FN4O4/c1-15-21(31-2)13-29-22(15)23(17(11-26)12-27-29)33-20-9-8-18(10-19(20)25)28-24(30)32-14-16-6-4-3-5-7-16/h3-10,12-13H,14H2,1-2H3,(H,28,30). The molecule has 1 amide bonds. The smallest absolute Gasteiger partial charge is 0.411 e. The lowest BCUT2D eigenvalue weighted by Crippen LogP contribution is -2.13. The van der Waals surface area contributed by atoms with Crippen molar-refractivity contribution in [2.75, 3.05) is 12.4 Å². The summed E-state index contributed by atoms with van der Waals surface area (Å²) in [4.78, 5) is 12.0. The number of anilines is 1. The lowest BCUT2D eigenvalue weighted by atomic mass is 10.2. The number of aromatic nitrogens is 2. The lowest BCUT2D eigenvalue weighted by molar-refractivity contribution is 0.155. The molecule has 4 aromatic rings. The van der Waals surface area contributed by atoms with Gasteiger partial charge >= 0.3 is 6.09 Å². The molecule has 0 spiro atoms. The Balaban J connectivity index is 1.53. The number of methoxy groups -OCH3 is 1. The Morgan fingerprint density at radius 2 is 2.00 bits per heavy atom. The third kappa shape index (κ3) is 4.55. The van der Waals surface area contributed by atoms with Crippen LogP contribution in [-0.2, 0) is 11.3 Å². The summed E-state index contributed by atoms with van der Waals surface area (Å²) in [6, 6.07) is 15.1. The number of ether oxygens (including phenoxy) is 3. The minimum absolute atomic E-state index is 0.0887. The molecular weight excluding hydrogens is 427 g/mol. The highest BCUT2D eigenvalue weighted by Gasteiger charge is 2.19. The number of carbonyl (C=O) groups is 1. The van der Waals surface area contributed by atoms with Crippen LogP contribution in [0.4, 0.5) is 14.9 Å². The van der Waals surface area contributed by atoms with Gasteiger partial charge in [-0.1, -0.05) is 30.3 Å². The Morgan fingerprint density at radius 1 is 1.21 bits per heavy atom. The number of hydrogen-bond acceptors (Lipinski definition) is 6. The fourth-order valence-corrected chi connectivity index (χ4v) is 3.27. The summed E-state index contributed by atoms with van der Waals surface area (Å²) in [6.45, 7) is 1.87. The second-order valence-corrected chi connectivity index (χ2v) is 7.05. The normalized spacial score (nSPS) is 10.5. The van der Waals surface area contributed by atoms with Crippen molar-refractivity contribution in [3.05, 3.63) is 83.4 Å². The average molecular weight is 446 g/mol. The van der Waals surface area contributed by atoms with Crippen LogP contribution in [0.25, 0.3) is 5.52 Å². The predicted octanol–water partition coefficient (Wildman–Crippen LogP) is 5.20. The topological polar surface area (TPSA) is 97.9 Å². The molecule has 0 bridgehead atoms. The van der Waals surface area contributed by atoms with Crippen molar-refractivity contribution in [1.82, 2.24) is 9.61 Å². The van der Waals surface area contributed by atoms with E-state index >= 15 is 0 Å². The Kier molecular flexibility index (Phi) is 6.09. The van der Waals surface area contributed by atoms with Gasteiger partial charge in [0.2, 0.25) is 0 Å². The fourth-order valence-electron chi connectivity index (χ4n) is 3.27. The van der Waals surface area contributed by atoms with E-state index < -0.39 is 11.9 Å². The van der Waals surface area contributed by atoms with Crippen LogP contribution in [0.1, 0.15) is 16.7 Å². The SMILES string of the molecule is COc1cn2ncc(C#N)c(Oc3ccc(NC(=O)OCc4ccccc4)cc3F)c2c1C. The molecule has 2 aromatic heterocycles. The van der Waals surface area contributed by atoms with Crippen molar-refractivity contribution in [3.8, 4) is 23.3 Å². The average Bonchev–Trinajstić information content (AvgIpc) is 3.16. The van der Waals surface area contributed by atoms with E-state index in [0.717, 1.165) is 11.6 Å². The highest BCUT2D eigenvalue weighted by Crippen LogP contribution is 2.36. The Hall–Kier alpha value is -4.58. The largest absolute Gasteiger partial charge is 0.495 e. The Morgan fingerprint density at radius 3 is 2.70 bits per heavy atom. The van der Waals surface area contributed by atoms with Gasteiger partial charge < -0.3 is 14.2 Å².